The van der Waals surface area contributed by atoms with E-state index in [-0.39, 0.29) is 5.75 Å². The average molecular weight is 456 g/mol. The zero-order chi connectivity index (χ0) is 23.5. The number of para-hydroxylation sites is 1. The lowest BCUT2D eigenvalue weighted by Gasteiger charge is -2.16. The average Bonchev–Trinajstić information content (AvgIpc) is 2.85. The highest BCUT2D eigenvalue weighted by molar-refractivity contribution is 5.85. The fraction of sp³-hybridized carbons (Fsp3) is 0. The summed E-state index contributed by atoms with van der Waals surface area (Å²) in [6.45, 7) is 0. The van der Waals surface area contributed by atoms with Crippen LogP contribution in [0.4, 0.5) is 26.7 Å². The number of rotatable bonds is 4. The van der Waals surface area contributed by atoms with E-state index in [1.807, 2.05) is 0 Å². The van der Waals surface area contributed by atoms with Crippen LogP contribution in [0, 0.1) is 29.1 Å². The lowest BCUT2D eigenvalue weighted by Crippen LogP contribution is -2.18. The molecule has 0 aliphatic carbocycles. The van der Waals surface area contributed by atoms with Gasteiger partial charge in [-0.1, -0.05) is 78.9 Å². The van der Waals surface area contributed by atoms with E-state index in [2.05, 4.69) is 4.74 Å². The maximum absolute atomic E-state index is 13.9. The maximum atomic E-state index is 13.9. The van der Waals surface area contributed by atoms with Gasteiger partial charge in [-0.2, -0.15) is 8.78 Å². The van der Waals surface area contributed by atoms with Crippen LogP contribution in [-0.2, 0) is 0 Å². The van der Waals surface area contributed by atoms with Crippen LogP contribution in [0.25, 0.3) is 22.3 Å². The number of hydrogen-bond acceptors (Lipinski definition) is 3. The summed E-state index contributed by atoms with van der Waals surface area (Å²) in [4.78, 5) is 12.4. The molecule has 0 amide bonds. The van der Waals surface area contributed by atoms with Crippen LogP contribution in [0.2, 0.25) is 0 Å². The van der Waals surface area contributed by atoms with Crippen molar-refractivity contribution in [1.82, 2.24) is 0 Å². The smallest absolute Gasteiger partial charge is 0.393 e. The Balaban J connectivity index is 1.77. The van der Waals surface area contributed by atoms with Gasteiger partial charge in [0.2, 0.25) is 34.8 Å². The summed E-state index contributed by atoms with van der Waals surface area (Å²) in [5, 5.41) is 0. The third-order valence-electron chi connectivity index (χ3n) is 4.72. The topological polar surface area (TPSA) is 35.5 Å². The second kappa shape index (κ2) is 9.12. The Morgan fingerprint density at radius 1 is 0.485 bits per heavy atom. The van der Waals surface area contributed by atoms with E-state index in [0.29, 0.717) is 22.3 Å². The van der Waals surface area contributed by atoms with Crippen LogP contribution in [0.1, 0.15) is 0 Å². The van der Waals surface area contributed by atoms with Crippen LogP contribution in [0.3, 0.4) is 0 Å². The predicted octanol–water partition coefficient (Wildman–Crippen LogP) is 7.29. The number of halogens is 5. The van der Waals surface area contributed by atoms with Crippen molar-refractivity contribution in [2.75, 3.05) is 0 Å². The lowest BCUT2D eigenvalue weighted by atomic mass is 9.97. The third kappa shape index (κ3) is 4.27. The Bertz CT molecular complexity index is 1240. The van der Waals surface area contributed by atoms with Gasteiger partial charge in [-0.25, -0.2) is 18.0 Å². The molecule has 8 heteroatoms. The van der Waals surface area contributed by atoms with E-state index in [0.717, 1.165) is 0 Å². The normalized spacial score (nSPS) is 10.7. The highest BCUT2D eigenvalue weighted by Gasteiger charge is 2.29. The zero-order valence-corrected chi connectivity index (χ0v) is 16.6. The minimum absolute atomic E-state index is 0.0243. The van der Waals surface area contributed by atoms with Gasteiger partial charge in [0.25, 0.3) is 0 Å². The molecule has 166 valence electrons. The van der Waals surface area contributed by atoms with Crippen molar-refractivity contribution in [3.05, 3.63) is 108 Å². The summed E-state index contributed by atoms with van der Waals surface area (Å²) in [6, 6.07) is 22.5. The van der Waals surface area contributed by atoms with Crippen molar-refractivity contribution in [3.8, 4) is 33.8 Å². The highest BCUT2D eigenvalue weighted by atomic mass is 19.2. The second-order valence-electron chi connectivity index (χ2n) is 6.77. The summed E-state index contributed by atoms with van der Waals surface area (Å²) in [7, 11) is 0. The molecule has 0 spiro atoms. The summed E-state index contributed by atoms with van der Waals surface area (Å²) in [5.74, 6) is -13.2. The Hall–Kier alpha value is -4.20. The summed E-state index contributed by atoms with van der Waals surface area (Å²) >= 11 is 0. The summed E-state index contributed by atoms with van der Waals surface area (Å²) in [5.41, 5.74) is 2.17. The van der Waals surface area contributed by atoms with Gasteiger partial charge in [0.05, 0.1) is 0 Å². The van der Waals surface area contributed by atoms with Gasteiger partial charge in [-0.15, -0.1) is 0 Å². The lowest BCUT2D eigenvalue weighted by molar-refractivity contribution is 0.146. The number of hydrogen-bond donors (Lipinski definition) is 0. The molecular weight excluding hydrogens is 443 g/mol. The van der Waals surface area contributed by atoms with Crippen LogP contribution < -0.4 is 9.47 Å². The van der Waals surface area contributed by atoms with Gasteiger partial charge in [0.15, 0.2) is 0 Å². The Labute approximate surface area is 184 Å². The minimum atomic E-state index is -2.37. The Kier molecular flexibility index (Phi) is 6.08. The van der Waals surface area contributed by atoms with Gasteiger partial charge >= 0.3 is 6.16 Å². The Morgan fingerprint density at radius 2 is 0.879 bits per heavy atom. The quantitative estimate of drug-likeness (QED) is 0.106. The molecular formula is C25H13F5O3. The maximum Gasteiger partial charge on any atom is 0.519 e. The van der Waals surface area contributed by atoms with Crippen molar-refractivity contribution in [2.24, 2.45) is 0 Å². The van der Waals surface area contributed by atoms with Crippen LogP contribution in [0.5, 0.6) is 11.5 Å². The molecule has 0 N–H and O–H groups in total. The molecule has 0 saturated carbocycles. The fourth-order valence-corrected chi connectivity index (χ4v) is 3.20. The van der Waals surface area contributed by atoms with E-state index >= 15 is 0 Å². The Morgan fingerprint density at radius 3 is 1.33 bits per heavy atom. The molecule has 3 nitrogen and oxygen atoms in total. The molecule has 0 radical (unpaired) electrons. The monoisotopic (exact) mass is 456 g/mol. The van der Waals surface area contributed by atoms with E-state index in [1.54, 1.807) is 78.9 Å². The van der Waals surface area contributed by atoms with Gasteiger partial charge in [-0.05, 0) is 11.1 Å². The number of ether oxygens (including phenoxy) is 2. The first-order valence-corrected chi connectivity index (χ1v) is 9.53. The molecule has 4 aromatic rings. The number of carbonyl (C=O) groups is 1. The predicted molar refractivity (Wildman–Crippen MR) is 110 cm³/mol. The SMILES string of the molecule is O=C(Oc1c(-c2ccccc2)cccc1-c1ccccc1)Oc1c(F)c(F)c(F)c(F)c1F. The highest BCUT2D eigenvalue weighted by Crippen LogP contribution is 2.39. The first-order chi connectivity index (χ1) is 15.9. The molecule has 0 bridgehead atoms. The molecule has 0 atom stereocenters. The van der Waals surface area contributed by atoms with Crippen molar-refractivity contribution >= 4 is 6.16 Å². The van der Waals surface area contributed by atoms with E-state index in [4.69, 9.17) is 4.74 Å². The van der Waals surface area contributed by atoms with Crippen molar-refractivity contribution in [3.63, 3.8) is 0 Å². The largest absolute Gasteiger partial charge is 0.519 e. The van der Waals surface area contributed by atoms with E-state index in [1.165, 1.54) is 0 Å². The summed E-state index contributed by atoms with van der Waals surface area (Å²) in [6.07, 6.45) is -1.68. The first-order valence-electron chi connectivity index (χ1n) is 9.53. The molecule has 4 rings (SSSR count). The molecule has 0 heterocycles. The van der Waals surface area contributed by atoms with Crippen LogP contribution >= 0.6 is 0 Å². The number of carbonyl (C=O) groups excluding carboxylic acids is 1. The molecule has 0 aromatic heterocycles. The standard InChI is InChI=1S/C25H13F5O3/c26-18-19(27)21(29)24(22(30)20(18)28)33-25(31)32-23-16(14-8-3-1-4-9-14)12-7-13-17(23)15-10-5-2-6-11-15/h1-13H. The van der Waals surface area contributed by atoms with Gasteiger partial charge in [0.1, 0.15) is 5.75 Å². The summed E-state index contributed by atoms with van der Waals surface area (Å²) < 4.78 is 77.7. The van der Waals surface area contributed by atoms with Crippen molar-refractivity contribution < 1.29 is 36.2 Å². The minimum Gasteiger partial charge on any atom is -0.393 e. The molecule has 33 heavy (non-hydrogen) atoms. The van der Waals surface area contributed by atoms with Crippen LogP contribution in [-0.4, -0.2) is 6.16 Å². The van der Waals surface area contributed by atoms with E-state index in [9.17, 15) is 26.7 Å². The third-order valence-corrected chi connectivity index (χ3v) is 4.72. The van der Waals surface area contributed by atoms with Gasteiger partial charge in [-0.3, -0.25) is 0 Å². The molecule has 0 unspecified atom stereocenters. The second-order valence-corrected chi connectivity index (χ2v) is 6.77. The van der Waals surface area contributed by atoms with Crippen molar-refractivity contribution in [1.29, 1.82) is 0 Å². The fourth-order valence-electron chi connectivity index (χ4n) is 3.20. The number of benzene rings is 4. The molecule has 0 aliphatic heterocycles. The molecule has 0 fully saturated rings. The van der Waals surface area contributed by atoms with Crippen LogP contribution in [0.15, 0.2) is 78.9 Å². The molecule has 4 aromatic carbocycles. The zero-order valence-electron chi connectivity index (χ0n) is 16.6. The van der Waals surface area contributed by atoms with Gasteiger partial charge < -0.3 is 9.47 Å². The molecule has 0 aliphatic rings. The van der Waals surface area contributed by atoms with Crippen molar-refractivity contribution in [2.45, 2.75) is 0 Å². The van der Waals surface area contributed by atoms with Gasteiger partial charge in [0, 0.05) is 11.1 Å². The first kappa shape index (κ1) is 22.0. The molecule has 0 saturated heterocycles. The van der Waals surface area contributed by atoms with E-state index < -0.39 is 41.0 Å².